The molecule has 1 aliphatic heterocycles. The van der Waals surface area contributed by atoms with Crippen LogP contribution in [-0.2, 0) is 24.1 Å². The van der Waals surface area contributed by atoms with Gasteiger partial charge >= 0.3 is 0 Å². The normalized spacial score (nSPS) is 20.6. The lowest BCUT2D eigenvalue weighted by atomic mass is 9.79. The SMILES string of the molecule is [B][C@H]1O[C@H](OC(c2ccccc2)(c2ccc(OC)cc2)c2ccc(OC)cc2)C(OP(OCCC#N)N(CCC)CCC)C1C. The average molecular weight is 631 g/mol. The first-order chi connectivity index (χ1) is 21.9. The highest BCUT2D eigenvalue weighted by molar-refractivity contribution is 7.44. The third kappa shape index (κ3) is 8.26. The molecule has 3 aromatic carbocycles. The molecule has 0 aromatic heterocycles. The standard InChI is InChI=1S/C35H44BN2O6P/c1-6-23-38(24-7-2)45(41-25-11-22-37)44-32-26(3)33(36)42-34(32)43-35(27-12-9-8-10-13-27,28-14-18-30(39-4)19-15-28)29-16-20-31(40-5)21-17-29/h8-10,12-21,26,32-34H,6-7,11,23-25H2,1-5H3/t26?,32?,33-,34+,45?/m0/s1. The lowest BCUT2D eigenvalue weighted by Crippen LogP contribution is -2.42. The Labute approximate surface area is 270 Å². The summed E-state index contributed by atoms with van der Waals surface area (Å²) >= 11 is 0. The molecule has 2 radical (unpaired) electrons. The molecule has 1 aliphatic rings. The van der Waals surface area contributed by atoms with Gasteiger partial charge in [-0.1, -0.05) is 75.4 Å². The highest BCUT2D eigenvalue weighted by atomic mass is 31.2. The number of ether oxygens (including phenoxy) is 4. The number of rotatable bonds is 17. The fourth-order valence-corrected chi connectivity index (χ4v) is 7.31. The van der Waals surface area contributed by atoms with E-state index in [1.54, 1.807) is 14.2 Å². The van der Waals surface area contributed by atoms with Crippen LogP contribution in [0.1, 0.15) is 56.7 Å². The van der Waals surface area contributed by atoms with Crippen molar-refractivity contribution in [1.82, 2.24) is 4.67 Å². The Bertz CT molecular complexity index is 1290. The van der Waals surface area contributed by atoms with Crippen molar-refractivity contribution in [3.8, 4) is 17.6 Å². The summed E-state index contributed by atoms with van der Waals surface area (Å²) in [5.41, 5.74) is 1.54. The minimum Gasteiger partial charge on any atom is -0.497 e. The van der Waals surface area contributed by atoms with Crippen LogP contribution in [0.4, 0.5) is 0 Å². The molecule has 1 heterocycles. The molecule has 8 nitrogen and oxygen atoms in total. The second-order valence-corrected chi connectivity index (χ2v) is 12.5. The van der Waals surface area contributed by atoms with E-state index < -0.39 is 32.5 Å². The van der Waals surface area contributed by atoms with E-state index >= 15 is 0 Å². The van der Waals surface area contributed by atoms with Crippen molar-refractivity contribution in [3.63, 3.8) is 0 Å². The summed E-state index contributed by atoms with van der Waals surface area (Å²) in [5, 5.41) is 9.20. The van der Waals surface area contributed by atoms with E-state index in [0.717, 1.165) is 54.1 Å². The van der Waals surface area contributed by atoms with Gasteiger partial charge in [-0.05, 0) is 53.8 Å². The largest absolute Gasteiger partial charge is 0.497 e. The molecule has 45 heavy (non-hydrogen) atoms. The third-order valence-electron chi connectivity index (χ3n) is 7.88. The van der Waals surface area contributed by atoms with Gasteiger partial charge in [-0.25, -0.2) is 4.67 Å². The maximum atomic E-state index is 9.20. The molecule has 4 rings (SSSR count). The van der Waals surface area contributed by atoms with Gasteiger partial charge in [-0.2, -0.15) is 5.26 Å². The summed E-state index contributed by atoms with van der Waals surface area (Å²) in [6.45, 7) is 8.15. The van der Waals surface area contributed by atoms with Crippen LogP contribution < -0.4 is 9.47 Å². The topological polar surface area (TPSA) is 82.4 Å². The predicted molar refractivity (Wildman–Crippen MR) is 177 cm³/mol. The molecule has 0 saturated carbocycles. The van der Waals surface area contributed by atoms with E-state index in [-0.39, 0.29) is 18.9 Å². The van der Waals surface area contributed by atoms with Crippen molar-refractivity contribution in [2.24, 2.45) is 5.92 Å². The Kier molecular flexibility index (Phi) is 13.3. The zero-order valence-electron chi connectivity index (χ0n) is 26.9. The fourth-order valence-electron chi connectivity index (χ4n) is 5.48. The number of benzene rings is 3. The van der Waals surface area contributed by atoms with Crippen LogP contribution >= 0.6 is 8.53 Å². The van der Waals surface area contributed by atoms with Crippen molar-refractivity contribution in [3.05, 3.63) is 95.6 Å². The molecule has 3 unspecified atom stereocenters. The minimum absolute atomic E-state index is 0.204. The third-order valence-corrected chi connectivity index (χ3v) is 9.57. The molecule has 0 amide bonds. The Morgan fingerprint density at radius 3 is 1.89 bits per heavy atom. The van der Waals surface area contributed by atoms with Crippen LogP contribution in [0.3, 0.4) is 0 Å². The maximum Gasteiger partial charge on any atom is 0.259 e. The van der Waals surface area contributed by atoms with E-state index in [2.05, 4.69) is 24.6 Å². The predicted octanol–water partition coefficient (Wildman–Crippen LogP) is 7.16. The fraction of sp³-hybridized carbons (Fsp3) is 0.457. The van der Waals surface area contributed by atoms with Gasteiger partial charge in [-0.15, -0.1) is 0 Å². The zero-order valence-corrected chi connectivity index (χ0v) is 27.8. The van der Waals surface area contributed by atoms with Crippen LogP contribution in [0.5, 0.6) is 11.5 Å². The zero-order chi connectivity index (χ0) is 32.2. The van der Waals surface area contributed by atoms with E-state index in [0.29, 0.717) is 0 Å². The van der Waals surface area contributed by atoms with E-state index in [1.165, 1.54) is 0 Å². The van der Waals surface area contributed by atoms with Crippen molar-refractivity contribution in [1.29, 1.82) is 5.26 Å². The van der Waals surface area contributed by atoms with E-state index in [9.17, 15) is 5.26 Å². The summed E-state index contributed by atoms with van der Waals surface area (Å²) in [6.07, 6.45) is 0.743. The smallest absolute Gasteiger partial charge is 0.259 e. The van der Waals surface area contributed by atoms with Crippen LogP contribution in [0.15, 0.2) is 78.9 Å². The minimum atomic E-state index is -1.51. The van der Waals surface area contributed by atoms with Crippen LogP contribution in [0, 0.1) is 17.2 Å². The molecule has 3 aromatic rings. The molecule has 0 spiro atoms. The molecule has 238 valence electrons. The molecule has 10 heteroatoms. The average Bonchev–Trinajstić information content (AvgIpc) is 3.34. The van der Waals surface area contributed by atoms with Gasteiger partial charge < -0.3 is 28.0 Å². The molecular formula is C35H44BN2O6P. The summed E-state index contributed by atoms with van der Waals surface area (Å²) in [6, 6.07) is 27.3. The summed E-state index contributed by atoms with van der Waals surface area (Å²) in [5.74, 6) is 1.26. The van der Waals surface area contributed by atoms with Crippen molar-refractivity contribution < 1.29 is 28.0 Å². The number of hydrogen-bond acceptors (Lipinski definition) is 8. The van der Waals surface area contributed by atoms with Crippen LogP contribution in [-0.4, -0.2) is 64.8 Å². The van der Waals surface area contributed by atoms with Crippen molar-refractivity contribution in [2.75, 3.05) is 33.9 Å². The highest BCUT2D eigenvalue weighted by Gasteiger charge is 2.49. The van der Waals surface area contributed by atoms with Crippen LogP contribution in [0.2, 0.25) is 0 Å². The monoisotopic (exact) mass is 630 g/mol. The highest BCUT2D eigenvalue weighted by Crippen LogP contribution is 2.50. The molecule has 1 saturated heterocycles. The summed E-state index contributed by atoms with van der Waals surface area (Å²) in [7, 11) is 8.33. The Morgan fingerprint density at radius 1 is 0.867 bits per heavy atom. The molecule has 0 aliphatic carbocycles. The van der Waals surface area contributed by atoms with Gasteiger partial charge in [0.15, 0.2) is 6.29 Å². The number of methoxy groups -OCH3 is 2. The molecule has 0 bridgehead atoms. The van der Waals surface area contributed by atoms with Crippen molar-refractivity contribution >= 4 is 16.4 Å². The van der Waals surface area contributed by atoms with Gasteiger partial charge in [0.2, 0.25) is 0 Å². The van der Waals surface area contributed by atoms with Gasteiger partial charge in [0.1, 0.15) is 31.1 Å². The van der Waals surface area contributed by atoms with Gasteiger partial charge in [0.25, 0.3) is 8.53 Å². The van der Waals surface area contributed by atoms with Gasteiger partial charge in [0, 0.05) is 25.0 Å². The number of nitriles is 1. The quantitative estimate of drug-likeness (QED) is 0.0673. The second kappa shape index (κ2) is 17.1. The Hall–Kier alpha value is -2.96. The van der Waals surface area contributed by atoms with Crippen molar-refractivity contribution in [2.45, 2.75) is 64.0 Å². The second-order valence-electron chi connectivity index (χ2n) is 11.0. The van der Waals surface area contributed by atoms with E-state index in [4.69, 9.17) is 35.8 Å². The first-order valence-electron chi connectivity index (χ1n) is 15.6. The van der Waals surface area contributed by atoms with Gasteiger partial charge in [-0.3, -0.25) is 0 Å². The lowest BCUT2D eigenvalue weighted by Gasteiger charge is -2.40. The first kappa shape index (κ1) is 34.9. The first-order valence-corrected chi connectivity index (χ1v) is 16.7. The Morgan fingerprint density at radius 2 is 1.40 bits per heavy atom. The molecule has 0 N–H and O–H groups in total. The summed E-state index contributed by atoms with van der Waals surface area (Å²) in [4.78, 5) is 0. The molecule has 1 fully saturated rings. The lowest BCUT2D eigenvalue weighted by molar-refractivity contribution is -0.197. The number of nitrogens with zero attached hydrogens (tertiary/aromatic N) is 2. The van der Waals surface area contributed by atoms with Crippen LogP contribution in [0.25, 0.3) is 0 Å². The Balaban J connectivity index is 1.82. The van der Waals surface area contributed by atoms with Gasteiger partial charge in [0.05, 0.1) is 33.3 Å². The maximum absolute atomic E-state index is 9.20. The summed E-state index contributed by atoms with van der Waals surface area (Å²) < 4.78 is 39.9. The van der Waals surface area contributed by atoms with E-state index in [1.807, 2.05) is 85.8 Å². The number of hydrogen-bond donors (Lipinski definition) is 0. The molecule has 5 atom stereocenters. The molecular weight excluding hydrogens is 586 g/mol.